The molecule has 5 nitrogen and oxygen atoms in total. The topological polar surface area (TPSA) is 66.5 Å². The molecule has 0 radical (unpaired) electrons. The summed E-state index contributed by atoms with van der Waals surface area (Å²) >= 11 is 5.84. The van der Waals surface area contributed by atoms with Crippen LogP contribution in [0.3, 0.4) is 0 Å². The predicted octanol–water partition coefficient (Wildman–Crippen LogP) is 4.17. The number of nitrogens with one attached hydrogen (secondary N) is 1. The summed E-state index contributed by atoms with van der Waals surface area (Å²) in [6.07, 6.45) is 0. The molecule has 156 valence electrons. The van der Waals surface area contributed by atoms with E-state index in [1.165, 1.54) is 31.3 Å². The van der Waals surface area contributed by atoms with E-state index in [4.69, 9.17) is 11.6 Å². The van der Waals surface area contributed by atoms with Crippen molar-refractivity contribution in [3.63, 3.8) is 0 Å². The second kappa shape index (κ2) is 9.43. The molecule has 3 aromatic rings. The molecule has 0 aliphatic heterocycles. The fourth-order valence-corrected chi connectivity index (χ4v) is 4.30. The second-order valence-electron chi connectivity index (χ2n) is 7.04. The maximum absolute atomic E-state index is 12.8. The largest absolute Gasteiger partial charge is 0.344 e. The van der Waals surface area contributed by atoms with Crippen LogP contribution in [0.1, 0.15) is 22.7 Å². The first-order valence-corrected chi connectivity index (χ1v) is 11.2. The van der Waals surface area contributed by atoms with Gasteiger partial charge in [0.1, 0.15) is 0 Å². The van der Waals surface area contributed by atoms with Crippen LogP contribution in [0.15, 0.2) is 83.8 Å². The van der Waals surface area contributed by atoms with E-state index in [9.17, 15) is 13.2 Å². The van der Waals surface area contributed by atoms with Crippen LogP contribution in [0.5, 0.6) is 0 Å². The summed E-state index contributed by atoms with van der Waals surface area (Å²) in [6, 6.07) is 22.9. The van der Waals surface area contributed by atoms with Crippen LogP contribution in [-0.4, -0.2) is 32.2 Å². The Bertz CT molecular complexity index is 1100. The van der Waals surface area contributed by atoms with Gasteiger partial charge in [0.15, 0.2) is 0 Å². The summed E-state index contributed by atoms with van der Waals surface area (Å²) in [7, 11) is -2.43. The molecule has 0 aromatic heterocycles. The van der Waals surface area contributed by atoms with E-state index in [0.717, 1.165) is 21.0 Å². The molecular formula is C23H23ClN2O3S. The lowest BCUT2D eigenvalue weighted by Gasteiger charge is -2.22. The SMILES string of the molecule is Cc1ccc(C(NC(=O)CN(C)S(=O)(=O)c2ccc(Cl)cc2)c2ccccc2)cc1. The summed E-state index contributed by atoms with van der Waals surface area (Å²) < 4.78 is 26.5. The van der Waals surface area contributed by atoms with Crippen molar-refractivity contribution in [2.45, 2.75) is 17.9 Å². The molecule has 0 bridgehead atoms. The van der Waals surface area contributed by atoms with Crippen LogP contribution in [-0.2, 0) is 14.8 Å². The minimum absolute atomic E-state index is 0.0837. The Morgan fingerprint density at radius 1 is 0.933 bits per heavy atom. The molecule has 0 heterocycles. The number of aryl methyl sites for hydroxylation is 1. The zero-order valence-electron chi connectivity index (χ0n) is 16.7. The smallest absolute Gasteiger partial charge is 0.243 e. The van der Waals surface area contributed by atoms with Gasteiger partial charge < -0.3 is 5.32 Å². The average Bonchev–Trinajstić information content (AvgIpc) is 2.73. The van der Waals surface area contributed by atoms with E-state index in [0.29, 0.717) is 5.02 Å². The molecule has 0 saturated carbocycles. The van der Waals surface area contributed by atoms with Crippen molar-refractivity contribution in [1.82, 2.24) is 9.62 Å². The van der Waals surface area contributed by atoms with Gasteiger partial charge in [0.25, 0.3) is 0 Å². The van der Waals surface area contributed by atoms with Gasteiger partial charge >= 0.3 is 0 Å². The number of halogens is 1. The number of sulfonamides is 1. The summed E-state index contributed by atoms with van der Waals surface area (Å²) in [4.78, 5) is 12.9. The molecule has 1 atom stereocenters. The molecule has 1 unspecified atom stereocenters. The number of nitrogens with zero attached hydrogens (tertiary/aromatic N) is 1. The summed E-state index contributed by atoms with van der Waals surface area (Å²) in [6.45, 7) is 1.69. The summed E-state index contributed by atoms with van der Waals surface area (Å²) in [5.41, 5.74) is 2.95. The number of benzene rings is 3. The number of amides is 1. The van der Waals surface area contributed by atoms with Gasteiger partial charge in [-0.1, -0.05) is 71.8 Å². The van der Waals surface area contributed by atoms with Gasteiger partial charge in [-0.3, -0.25) is 4.79 Å². The van der Waals surface area contributed by atoms with E-state index in [1.807, 2.05) is 61.5 Å². The number of carbonyl (C=O) groups excluding carboxylic acids is 1. The molecule has 0 aliphatic rings. The first kappa shape index (κ1) is 22.0. The van der Waals surface area contributed by atoms with Gasteiger partial charge in [-0.15, -0.1) is 0 Å². The Hall–Kier alpha value is -2.67. The highest BCUT2D eigenvalue weighted by Gasteiger charge is 2.24. The van der Waals surface area contributed by atoms with Gasteiger partial charge in [-0.2, -0.15) is 4.31 Å². The van der Waals surface area contributed by atoms with Crippen LogP contribution < -0.4 is 5.32 Å². The van der Waals surface area contributed by atoms with Gasteiger partial charge in [0.05, 0.1) is 17.5 Å². The van der Waals surface area contributed by atoms with Crippen LogP contribution in [0.4, 0.5) is 0 Å². The highest BCUT2D eigenvalue weighted by Crippen LogP contribution is 2.23. The average molecular weight is 443 g/mol. The number of carbonyl (C=O) groups is 1. The van der Waals surface area contributed by atoms with E-state index in [2.05, 4.69) is 5.32 Å². The van der Waals surface area contributed by atoms with E-state index >= 15 is 0 Å². The van der Waals surface area contributed by atoms with Crippen LogP contribution >= 0.6 is 11.6 Å². The lowest BCUT2D eigenvalue weighted by Crippen LogP contribution is -2.40. The van der Waals surface area contributed by atoms with Crippen molar-refractivity contribution in [2.24, 2.45) is 0 Å². The molecule has 0 fully saturated rings. The third-order valence-electron chi connectivity index (χ3n) is 4.74. The lowest BCUT2D eigenvalue weighted by molar-refractivity contribution is -0.121. The highest BCUT2D eigenvalue weighted by atomic mass is 35.5. The van der Waals surface area contributed by atoms with E-state index in [1.54, 1.807) is 0 Å². The molecule has 30 heavy (non-hydrogen) atoms. The Morgan fingerprint density at radius 3 is 2.10 bits per heavy atom. The maximum Gasteiger partial charge on any atom is 0.243 e. The van der Waals surface area contributed by atoms with Crippen LogP contribution in [0, 0.1) is 6.92 Å². The molecule has 0 saturated heterocycles. The summed E-state index contributed by atoms with van der Waals surface area (Å²) in [5, 5.41) is 3.41. The zero-order valence-corrected chi connectivity index (χ0v) is 18.3. The van der Waals surface area contributed by atoms with Gasteiger partial charge in [-0.05, 0) is 42.3 Å². The number of hydrogen-bond acceptors (Lipinski definition) is 3. The lowest BCUT2D eigenvalue weighted by atomic mass is 9.98. The highest BCUT2D eigenvalue weighted by molar-refractivity contribution is 7.89. The van der Waals surface area contributed by atoms with E-state index < -0.39 is 15.9 Å². The molecule has 3 aromatic carbocycles. The van der Waals surface area contributed by atoms with Crippen LogP contribution in [0.25, 0.3) is 0 Å². The number of hydrogen-bond donors (Lipinski definition) is 1. The van der Waals surface area contributed by atoms with Gasteiger partial charge in [0.2, 0.25) is 15.9 Å². The van der Waals surface area contributed by atoms with Gasteiger partial charge in [0, 0.05) is 12.1 Å². The monoisotopic (exact) mass is 442 g/mol. The van der Waals surface area contributed by atoms with Crippen molar-refractivity contribution in [2.75, 3.05) is 13.6 Å². The third kappa shape index (κ3) is 5.27. The van der Waals surface area contributed by atoms with Crippen molar-refractivity contribution in [3.8, 4) is 0 Å². The van der Waals surface area contributed by atoms with Crippen molar-refractivity contribution >= 4 is 27.5 Å². The van der Waals surface area contributed by atoms with Crippen molar-refractivity contribution in [3.05, 3.63) is 101 Å². The molecular weight excluding hydrogens is 420 g/mol. The minimum atomic E-state index is -3.81. The first-order valence-electron chi connectivity index (χ1n) is 9.40. The molecule has 1 N–H and O–H groups in total. The third-order valence-corrected chi connectivity index (χ3v) is 6.81. The fraction of sp³-hybridized carbons (Fsp3) is 0.174. The number of rotatable bonds is 7. The van der Waals surface area contributed by atoms with E-state index in [-0.39, 0.29) is 17.5 Å². The Labute approximate surface area is 182 Å². The molecule has 3 rings (SSSR count). The maximum atomic E-state index is 12.8. The fourth-order valence-electron chi connectivity index (χ4n) is 3.04. The standard InChI is InChI=1S/C23H23ClN2O3S/c1-17-8-10-19(11-9-17)23(18-6-4-3-5-7-18)25-22(27)16-26(2)30(28,29)21-14-12-20(24)13-15-21/h3-15,23H,16H2,1-2H3,(H,25,27). The van der Waals surface area contributed by atoms with Crippen molar-refractivity contribution < 1.29 is 13.2 Å². The zero-order chi connectivity index (χ0) is 21.7. The quantitative estimate of drug-likeness (QED) is 0.597. The summed E-state index contributed by atoms with van der Waals surface area (Å²) in [5.74, 6) is -0.399. The minimum Gasteiger partial charge on any atom is -0.344 e. The number of likely N-dealkylation sites (N-methyl/N-ethyl adjacent to an activating group) is 1. The second-order valence-corrected chi connectivity index (χ2v) is 9.52. The Balaban J connectivity index is 1.79. The molecule has 0 spiro atoms. The Morgan fingerprint density at radius 2 is 1.50 bits per heavy atom. The molecule has 7 heteroatoms. The Kier molecular flexibility index (Phi) is 6.92. The van der Waals surface area contributed by atoms with Crippen LogP contribution in [0.2, 0.25) is 5.02 Å². The predicted molar refractivity (Wildman–Crippen MR) is 119 cm³/mol. The van der Waals surface area contributed by atoms with Crippen molar-refractivity contribution in [1.29, 1.82) is 0 Å². The molecule has 1 amide bonds. The normalized spacial score (nSPS) is 12.5. The first-order chi connectivity index (χ1) is 14.3. The van der Waals surface area contributed by atoms with Gasteiger partial charge in [-0.25, -0.2) is 8.42 Å². The molecule has 0 aliphatic carbocycles.